The van der Waals surface area contributed by atoms with Gasteiger partial charge in [-0.2, -0.15) is 0 Å². The molecule has 4 heteroatoms. The summed E-state index contributed by atoms with van der Waals surface area (Å²) in [5.41, 5.74) is 0. The van der Waals surface area contributed by atoms with Crippen LogP contribution in [0.3, 0.4) is 0 Å². The first-order valence-electron chi connectivity index (χ1n) is 3.34. The van der Waals surface area contributed by atoms with Gasteiger partial charge in [0.1, 0.15) is 7.85 Å². The fourth-order valence-corrected chi connectivity index (χ4v) is 0.533. The Hall–Kier alpha value is -0.0551. The van der Waals surface area contributed by atoms with Gasteiger partial charge in [0.15, 0.2) is 6.29 Å². The molecule has 0 saturated heterocycles. The third-order valence-corrected chi connectivity index (χ3v) is 1.03. The van der Waals surface area contributed by atoms with Gasteiger partial charge in [-0.3, -0.25) is 0 Å². The largest absolute Gasteiger partial charge is 0.367 e. The first-order chi connectivity index (χ1) is 4.27. The molecule has 0 aliphatic carbocycles. The van der Waals surface area contributed by atoms with Crippen LogP contribution >= 0.6 is 0 Å². The summed E-state index contributed by atoms with van der Waals surface area (Å²) >= 11 is 0. The van der Waals surface area contributed by atoms with E-state index in [-0.39, 0.29) is 6.54 Å². The van der Waals surface area contributed by atoms with E-state index >= 15 is 0 Å². The molecule has 3 nitrogen and oxygen atoms in total. The monoisotopic (exact) mass is 131 g/mol. The maximum Gasteiger partial charge on any atom is 0.164 e. The number of nitrogens with one attached hydrogen (secondary N) is 1. The lowest BCUT2D eigenvalue weighted by atomic mass is 10.0. The number of aliphatic hydroxyl groups excluding tert-OH is 1. The van der Waals surface area contributed by atoms with Gasteiger partial charge in [-0.05, 0) is 13.0 Å². The number of rotatable bonds is 5. The Morgan fingerprint density at radius 1 is 1.44 bits per heavy atom. The zero-order valence-corrected chi connectivity index (χ0v) is 5.80. The average Bonchev–Trinajstić information content (AvgIpc) is 1.80. The summed E-state index contributed by atoms with van der Waals surface area (Å²) < 4.78 is 0. The van der Waals surface area contributed by atoms with E-state index in [1.54, 1.807) is 0 Å². The van der Waals surface area contributed by atoms with Crippen molar-refractivity contribution in [3.05, 3.63) is 0 Å². The molecule has 0 rings (SSSR count). The summed E-state index contributed by atoms with van der Waals surface area (Å²) in [5, 5.41) is 19.6. The van der Waals surface area contributed by atoms with Gasteiger partial charge in [0.2, 0.25) is 0 Å². The van der Waals surface area contributed by atoms with Crippen molar-refractivity contribution in [1.82, 2.24) is 5.32 Å². The molecule has 0 fully saturated rings. The maximum absolute atomic E-state index is 8.34. The van der Waals surface area contributed by atoms with E-state index < -0.39 is 6.29 Å². The molecule has 0 aromatic carbocycles. The standard InChI is InChI=1S/C5H14BNO2/c6-2-1-3-7-4-5(8)9/h5,7-9H,1-4,6H2. The summed E-state index contributed by atoms with van der Waals surface area (Å²) in [5.74, 6) is 0. The van der Waals surface area contributed by atoms with E-state index in [0.29, 0.717) is 0 Å². The van der Waals surface area contributed by atoms with Gasteiger partial charge in [0.25, 0.3) is 0 Å². The van der Waals surface area contributed by atoms with Crippen LogP contribution in [-0.2, 0) is 0 Å². The normalized spacial score (nSPS) is 10.6. The molecule has 0 heterocycles. The summed E-state index contributed by atoms with van der Waals surface area (Å²) in [6.45, 7) is 1.15. The molecule has 0 spiro atoms. The van der Waals surface area contributed by atoms with Gasteiger partial charge in [-0.25, -0.2) is 0 Å². The van der Waals surface area contributed by atoms with Crippen LogP contribution in [0.2, 0.25) is 6.32 Å². The lowest BCUT2D eigenvalue weighted by Crippen LogP contribution is -2.26. The maximum atomic E-state index is 8.34. The topological polar surface area (TPSA) is 52.5 Å². The molecule has 0 bridgehead atoms. The lowest BCUT2D eigenvalue weighted by molar-refractivity contribution is -0.0370. The Bertz CT molecular complexity index is 60.9. The van der Waals surface area contributed by atoms with E-state index in [1.807, 2.05) is 0 Å². The molecule has 0 aromatic heterocycles. The zero-order valence-electron chi connectivity index (χ0n) is 5.80. The SMILES string of the molecule is BCCCNCC(O)O. The Morgan fingerprint density at radius 3 is 2.56 bits per heavy atom. The molecular weight excluding hydrogens is 117 g/mol. The number of aliphatic hydroxyl groups is 2. The van der Waals surface area contributed by atoms with Crippen LogP contribution in [-0.4, -0.2) is 37.4 Å². The van der Waals surface area contributed by atoms with Crippen LogP contribution in [0.25, 0.3) is 0 Å². The third-order valence-electron chi connectivity index (χ3n) is 1.03. The molecule has 9 heavy (non-hydrogen) atoms. The summed E-state index contributed by atoms with van der Waals surface area (Å²) in [4.78, 5) is 0. The molecule has 0 unspecified atom stereocenters. The Labute approximate surface area is 56.5 Å². The van der Waals surface area contributed by atoms with Crippen molar-refractivity contribution in [1.29, 1.82) is 0 Å². The second-order valence-corrected chi connectivity index (χ2v) is 2.04. The highest BCUT2D eigenvalue weighted by molar-refractivity contribution is 6.08. The molecule has 54 valence electrons. The minimum atomic E-state index is -1.21. The molecular formula is C5H14BNO2. The van der Waals surface area contributed by atoms with Crippen molar-refractivity contribution in [2.24, 2.45) is 0 Å². The van der Waals surface area contributed by atoms with Crippen LogP contribution in [0.15, 0.2) is 0 Å². The van der Waals surface area contributed by atoms with Gasteiger partial charge < -0.3 is 15.5 Å². The highest BCUT2D eigenvalue weighted by Crippen LogP contribution is 1.79. The van der Waals surface area contributed by atoms with E-state index in [4.69, 9.17) is 10.2 Å². The van der Waals surface area contributed by atoms with Crippen LogP contribution < -0.4 is 5.32 Å². The van der Waals surface area contributed by atoms with Crippen LogP contribution in [0.4, 0.5) is 0 Å². The van der Waals surface area contributed by atoms with Crippen LogP contribution in [0.1, 0.15) is 6.42 Å². The predicted octanol–water partition coefficient (Wildman–Crippen LogP) is -1.67. The van der Waals surface area contributed by atoms with E-state index in [2.05, 4.69) is 13.2 Å². The Morgan fingerprint density at radius 2 is 2.11 bits per heavy atom. The molecule has 3 N–H and O–H groups in total. The van der Waals surface area contributed by atoms with Crippen molar-refractivity contribution in [2.45, 2.75) is 19.0 Å². The van der Waals surface area contributed by atoms with Gasteiger partial charge >= 0.3 is 0 Å². The molecule has 0 atom stereocenters. The molecule has 0 amide bonds. The van der Waals surface area contributed by atoms with Crippen LogP contribution in [0, 0.1) is 0 Å². The Kier molecular flexibility index (Phi) is 6.03. The van der Waals surface area contributed by atoms with Gasteiger partial charge in [-0.1, -0.05) is 6.32 Å². The highest BCUT2D eigenvalue weighted by atomic mass is 16.5. The van der Waals surface area contributed by atoms with Crippen molar-refractivity contribution in [3.63, 3.8) is 0 Å². The first-order valence-corrected chi connectivity index (χ1v) is 3.34. The van der Waals surface area contributed by atoms with Crippen molar-refractivity contribution in [3.8, 4) is 0 Å². The van der Waals surface area contributed by atoms with Gasteiger partial charge in [-0.15, -0.1) is 0 Å². The number of hydrogen-bond acceptors (Lipinski definition) is 3. The van der Waals surface area contributed by atoms with Crippen molar-refractivity contribution < 1.29 is 10.2 Å². The zero-order chi connectivity index (χ0) is 7.11. The second-order valence-electron chi connectivity index (χ2n) is 2.04. The smallest absolute Gasteiger partial charge is 0.164 e. The minimum Gasteiger partial charge on any atom is -0.367 e. The van der Waals surface area contributed by atoms with Crippen LogP contribution in [0.5, 0.6) is 0 Å². The summed E-state index contributed by atoms with van der Waals surface area (Å²) in [7, 11) is 2.09. The fraction of sp³-hybridized carbons (Fsp3) is 1.00. The van der Waals surface area contributed by atoms with E-state index in [1.165, 1.54) is 0 Å². The highest BCUT2D eigenvalue weighted by Gasteiger charge is 1.92. The van der Waals surface area contributed by atoms with Crippen molar-refractivity contribution >= 4 is 7.85 Å². The third kappa shape index (κ3) is 7.94. The van der Waals surface area contributed by atoms with E-state index in [9.17, 15) is 0 Å². The first kappa shape index (κ1) is 8.94. The molecule has 0 aromatic rings. The fourth-order valence-electron chi connectivity index (χ4n) is 0.533. The second kappa shape index (κ2) is 6.07. The lowest BCUT2D eigenvalue weighted by Gasteiger charge is -2.03. The number of hydrogen-bond donors (Lipinski definition) is 3. The van der Waals surface area contributed by atoms with Crippen molar-refractivity contribution in [2.75, 3.05) is 13.1 Å². The summed E-state index contributed by atoms with van der Waals surface area (Å²) in [6, 6.07) is 0. The summed E-state index contributed by atoms with van der Waals surface area (Å²) in [6.07, 6.45) is 1.02. The molecule has 0 aliphatic rings. The Balaban J connectivity index is 2.75. The average molecular weight is 131 g/mol. The van der Waals surface area contributed by atoms with Gasteiger partial charge in [0.05, 0.1) is 0 Å². The quantitative estimate of drug-likeness (QED) is 0.237. The molecule has 0 radical (unpaired) electrons. The van der Waals surface area contributed by atoms with E-state index in [0.717, 1.165) is 19.3 Å². The minimum absolute atomic E-state index is 0.278. The molecule has 0 saturated carbocycles. The molecule has 0 aliphatic heterocycles. The van der Waals surface area contributed by atoms with Gasteiger partial charge in [0, 0.05) is 6.54 Å². The predicted molar refractivity (Wildman–Crippen MR) is 39.1 cm³/mol.